The van der Waals surface area contributed by atoms with Gasteiger partial charge in [0, 0.05) is 11.6 Å². The van der Waals surface area contributed by atoms with E-state index in [-0.39, 0.29) is 17.9 Å². The van der Waals surface area contributed by atoms with E-state index in [9.17, 15) is 18.3 Å². The van der Waals surface area contributed by atoms with Gasteiger partial charge in [-0.05, 0) is 31.2 Å². The van der Waals surface area contributed by atoms with Gasteiger partial charge < -0.3 is 21.3 Å². The first kappa shape index (κ1) is 15.7. The molecular formula is C12H17F3N2O2. The molecule has 1 aromatic rings. The topological polar surface area (TPSA) is 81.5 Å². The summed E-state index contributed by atoms with van der Waals surface area (Å²) in [5.41, 5.74) is 10.1. The highest BCUT2D eigenvalue weighted by Crippen LogP contribution is 2.35. The molecule has 108 valence electrons. The van der Waals surface area contributed by atoms with Gasteiger partial charge >= 0.3 is 6.18 Å². The second kappa shape index (κ2) is 6.23. The zero-order valence-corrected chi connectivity index (χ0v) is 10.4. The number of benzene rings is 1. The van der Waals surface area contributed by atoms with Gasteiger partial charge in [0.25, 0.3) is 0 Å². The van der Waals surface area contributed by atoms with Crippen molar-refractivity contribution in [2.45, 2.75) is 24.7 Å². The van der Waals surface area contributed by atoms with E-state index in [1.807, 2.05) is 0 Å². The minimum atomic E-state index is -4.49. The predicted octanol–water partition coefficient (Wildman–Crippen LogP) is 1.42. The molecule has 0 saturated heterocycles. The minimum absolute atomic E-state index is 0.0123. The van der Waals surface area contributed by atoms with E-state index in [1.165, 1.54) is 7.11 Å². The van der Waals surface area contributed by atoms with Crippen molar-refractivity contribution in [1.82, 2.24) is 0 Å². The average Bonchev–Trinajstić information content (AvgIpc) is 2.36. The van der Waals surface area contributed by atoms with Crippen molar-refractivity contribution in [3.05, 3.63) is 29.3 Å². The molecule has 1 rings (SSSR count). The zero-order chi connectivity index (χ0) is 14.6. The fourth-order valence-corrected chi connectivity index (χ4v) is 1.72. The maximum atomic E-state index is 12.6. The fraction of sp³-hybridized carbons (Fsp3) is 0.500. The number of hydrogen-bond acceptors (Lipinski definition) is 4. The zero-order valence-electron chi connectivity index (χ0n) is 10.4. The summed E-state index contributed by atoms with van der Waals surface area (Å²) < 4.78 is 42.9. The monoisotopic (exact) mass is 278 g/mol. The van der Waals surface area contributed by atoms with Crippen molar-refractivity contribution < 1.29 is 23.0 Å². The van der Waals surface area contributed by atoms with Crippen molar-refractivity contribution in [2.24, 2.45) is 11.5 Å². The highest BCUT2D eigenvalue weighted by atomic mass is 19.4. The van der Waals surface area contributed by atoms with Crippen LogP contribution in [0, 0.1) is 0 Å². The third kappa shape index (κ3) is 3.82. The third-order valence-corrected chi connectivity index (χ3v) is 2.78. The van der Waals surface area contributed by atoms with Crippen LogP contribution in [0.25, 0.3) is 0 Å². The maximum Gasteiger partial charge on any atom is 0.416 e. The van der Waals surface area contributed by atoms with Gasteiger partial charge in [-0.3, -0.25) is 0 Å². The Balaban J connectivity index is 3.15. The molecule has 7 heteroatoms. The Bertz CT molecular complexity index is 424. The molecule has 0 aliphatic heterocycles. The second-order valence-electron chi connectivity index (χ2n) is 4.14. The Morgan fingerprint density at radius 3 is 2.47 bits per heavy atom. The van der Waals surface area contributed by atoms with E-state index in [4.69, 9.17) is 16.2 Å². The van der Waals surface area contributed by atoms with Crippen molar-refractivity contribution in [3.63, 3.8) is 0 Å². The summed E-state index contributed by atoms with van der Waals surface area (Å²) in [4.78, 5) is 0. The number of halogens is 3. The van der Waals surface area contributed by atoms with Gasteiger partial charge in [0.1, 0.15) is 5.75 Å². The molecular weight excluding hydrogens is 261 g/mol. The molecule has 0 saturated carbocycles. The summed E-state index contributed by atoms with van der Waals surface area (Å²) in [6.45, 7) is 0.236. The van der Waals surface area contributed by atoms with E-state index in [2.05, 4.69) is 0 Å². The SMILES string of the molecule is COc1ccc(C(F)(F)F)cc1C(O)C(N)CCN. The molecule has 0 aliphatic carbocycles. The number of aliphatic hydroxyl groups excluding tert-OH is 1. The molecule has 0 radical (unpaired) electrons. The first-order valence-electron chi connectivity index (χ1n) is 5.70. The van der Waals surface area contributed by atoms with Gasteiger partial charge in [0.15, 0.2) is 0 Å². The van der Waals surface area contributed by atoms with Crippen LogP contribution >= 0.6 is 0 Å². The number of methoxy groups -OCH3 is 1. The lowest BCUT2D eigenvalue weighted by Crippen LogP contribution is -2.31. The fourth-order valence-electron chi connectivity index (χ4n) is 1.72. The Labute approximate surface area is 109 Å². The molecule has 0 heterocycles. The van der Waals surface area contributed by atoms with Crippen LogP contribution in [0.4, 0.5) is 13.2 Å². The molecule has 2 unspecified atom stereocenters. The number of aliphatic hydroxyl groups is 1. The van der Waals surface area contributed by atoms with Gasteiger partial charge in [-0.2, -0.15) is 13.2 Å². The van der Waals surface area contributed by atoms with Crippen LogP contribution in [0.15, 0.2) is 18.2 Å². The van der Waals surface area contributed by atoms with Crippen LogP contribution < -0.4 is 16.2 Å². The minimum Gasteiger partial charge on any atom is -0.496 e. The summed E-state index contributed by atoms with van der Waals surface area (Å²) in [5.74, 6) is 0.160. The van der Waals surface area contributed by atoms with Gasteiger partial charge in [-0.25, -0.2) is 0 Å². The van der Waals surface area contributed by atoms with E-state index >= 15 is 0 Å². The highest BCUT2D eigenvalue weighted by molar-refractivity contribution is 5.40. The summed E-state index contributed by atoms with van der Waals surface area (Å²) >= 11 is 0. The Kier molecular flexibility index (Phi) is 5.16. The van der Waals surface area contributed by atoms with Crippen LogP contribution in [0.1, 0.15) is 23.7 Å². The molecule has 1 aromatic carbocycles. The maximum absolute atomic E-state index is 12.6. The molecule has 19 heavy (non-hydrogen) atoms. The largest absolute Gasteiger partial charge is 0.496 e. The van der Waals surface area contributed by atoms with Crippen LogP contribution in [0.5, 0.6) is 5.75 Å². The quantitative estimate of drug-likeness (QED) is 0.761. The van der Waals surface area contributed by atoms with Crippen molar-refractivity contribution >= 4 is 0 Å². The van der Waals surface area contributed by atoms with Gasteiger partial charge in [0.05, 0.1) is 18.8 Å². The molecule has 2 atom stereocenters. The molecule has 0 aliphatic rings. The molecule has 5 N–H and O–H groups in total. The normalized spacial score (nSPS) is 15.1. The van der Waals surface area contributed by atoms with E-state index in [0.717, 1.165) is 18.2 Å². The van der Waals surface area contributed by atoms with Crippen molar-refractivity contribution in [2.75, 3.05) is 13.7 Å². The Morgan fingerprint density at radius 1 is 1.37 bits per heavy atom. The van der Waals surface area contributed by atoms with E-state index in [1.54, 1.807) is 0 Å². The van der Waals surface area contributed by atoms with Gasteiger partial charge in [0.2, 0.25) is 0 Å². The van der Waals surface area contributed by atoms with Crippen LogP contribution in [-0.2, 0) is 6.18 Å². The van der Waals surface area contributed by atoms with Crippen molar-refractivity contribution in [1.29, 1.82) is 0 Å². The lowest BCUT2D eigenvalue weighted by Gasteiger charge is -2.21. The standard InChI is InChI=1S/C12H17F3N2O2/c1-19-10-3-2-7(12(13,14)15)6-8(10)11(18)9(17)4-5-16/h2-3,6,9,11,18H,4-5,16-17H2,1H3. The number of rotatable bonds is 5. The first-order valence-corrected chi connectivity index (χ1v) is 5.70. The molecule has 0 spiro atoms. The summed E-state index contributed by atoms with van der Waals surface area (Å²) in [5, 5.41) is 9.99. The second-order valence-corrected chi connectivity index (χ2v) is 4.14. The lowest BCUT2D eigenvalue weighted by molar-refractivity contribution is -0.137. The molecule has 0 bridgehead atoms. The summed E-state index contributed by atoms with van der Waals surface area (Å²) in [7, 11) is 1.31. The molecule has 4 nitrogen and oxygen atoms in total. The predicted molar refractivity (Wildman–Crippen MR) is 64.6 cm³/mol. The summed E-state index contributed by atoms with van der Waals surface area (Å²) in [6.07, 6.45) is -5.46. The number of hydrogen-bond donors (Lipinski definition) is 3. The highest BCUT2D eigenvalue weighted by Gasteiger charge is 2.32. The summed E-state index contributed by atoms with van der Waals surface area (Å²) in [6, 6.07) is 2.15. The van der Waals surface area contributed by atoms with E-state index < -0.39 is 23.9 Å². The molecule has 0 aromatic heterocycles. The van der Waals surface area contributed by atoms with Crippen LogP contribution in [0.2, 0.25) is 0 Å². The Morgan fingerprint density at radius 2 is 2.00 bits per heavy atom. The van der Waals surface area contributed by atoms with Crippen LogP contribution in [-0.4, -0.2) is 24.8 Å². The number of alkyl halides is 3. The Hall–Kier alpha value is -1.31. The molecule has 0 amide bonds. The average molecular weight is 278 g/mol. The van der Waals surface area contributed by atoms with E-state index in [0.29, 0.717) is 6.42 Å². The van der Waals surface area contributed by atoms with Gasteiger partial charge in [-0.1, -0.05) is 0 Å². The first-order chi connectivity index (χ1) is 8.81. The van der Waals surface area contributed by atoms with Crippen LogP contribution in [0.3, 0.4) is 0 Å². The molecule has 0 fully saturated rings. The lowest BCUT2D eigenvalue weighted by atomic mass is 9.97. The number of nitrogens with two attached hydrogens (primary N) is 2. The van der Waals surface area contributed by atoms with Gasteiger partial charge in [-0.15, -0.1) is 0 Å². The number of ether oxygens (including phenoxy) is 1. The third-order valence-electron chi connectivity index (χ3n) is 2.78. The van der Waals surface area contributed by atoms with Crippen molar-refractivity contribution in [3.8, 4) is 5.75 Å². The smallest absolute Gasteiger partial charge is 0.416 e.